The van der Waals surface area contributed by atoms with Crippen molar-refractivity contribution in [3.8, 4) is 5.75 Å². The number of hydrogen-bond donors (Lipinski definition) is 2. The van der Waals surface area contributed by atoms with Crippen LogP contribution in [-0.2, 0) is 4.79 Å². The molecule has 1 aliphatic heterocycles. The van der Waals surface area contributed by atoms with Gasteiger partial charge >= 0.3 is 0 Å². The molecule has 0 aliphatic carbocycles. The largest absolute Gasteiger partial charge is 0.496 e. The molecule has 1 atom stereocenters. The lowest BCUT2D eigenvalue weighted by molar-refractivity contribution is -0.124. The van der Waals surface area contributed by atoms with E-state index >= 15 is 0 Å². The van der Waals surface area contributed by atoms with Gasteiger partial charge in [-0.15, -0.1) is 0 Å². The molecule has 0 aromatic heterocycles. The van der Waals surface area contributed by atoms with Crippen LogP contribution in [0.1, 0.15) is 23.2 Å². The SMILES string of the molecule is COc1ccc(Cl)cc1C(=O)N1CCCC1C(=O)NCCS. The summed E-state index contributed by atoms with van der Waals surface area (Å²) in [7, 11) is 1.50. The number of carbonyl (C=O) groups excluding carboxylic acids is 2. The first-order chi connectivity index (χ1) is 10.6. The van der Waals surface area contributed by atoms with Gasteiger partial charge in [0.25, 0.3) is 5.91 Å². The van der Waals surface area contributed by atoms with Crippen LogP contribution < -0.4 is 10.1 Å². The van der Waals surface area contributed by atoms with Gasteiger partial charge in [0.05, 0.1) is 12.7 Å². The van der Waals surface area contributed by atoms with Gasteiger partial charge in [0.15, 0.2) is 0 Å². The Morgan fingerprint density at radius 3 is 2.95 bits per heavy atom. The molecular formula is C15H19ClN2O3S. The third kappa shape index (κ3) is 3.67. The van der Waals surface area contributed by atoms with Gasteiger partial charge in [0.2, 0.25) is 5.91 Å². The molecule has 1 aliphatic rings. The number of rotatable bonds is 5. The highest BCUT2D eigenvalue weighted by molar-refractivity contribution is 7.80. The topological polar surface area (TPSA) is 58.6 Å². The smallest absolute Gasteiger partial charge is 0.258 e. The highest BCUT2D eigenvalue weighted by Crippen LogP contribution is 2.27. The zero-order valence-corrected chi connectivity index (χ0v) is 14.0. The molecule has 1 unspecified atom stereocenters. The first kappa shape index (κ1) is 17.0. The molecule has 7 heteroatoms. The van der Waals surface area contributed by atoms with Gasteiger partial charge < -0.3 is 15.0 Å². The minimum Gasteiger partial charge on any atom is -0.496 e. The molecule has 1 aromatic carbocycles. The number of benzene rings is 1. The maximum Gasteiger partial charge on any atom is 0.258 e. The molecule has 0 bridgehead atoms. The summed E-state index contributed by atoms with van der Waals surface area (Å²) in [5.41, 5.74) is 0.379. The quantitative estimate of drug-likeness (QED) is 0.805. The van der Waals surface area contributed by atoms with Gasteiger partial charge in [0, 0.05) is 23.9 Å². The second-order valence-electron chi connectivity index (χ2n) is 5.02. The number of nitrogens with one attached hydrogen (secondary N) is 1. The summed E-state index contributed by atoms with van der Waals surface area (Å²) in [6.45, 7) is 1.04. The van der Waals surface area contributed by atoms with Crippen LogP contribution in [0.15, 0.2) is 18.2 Å². The van der Waals surface area contributed by atoms with Crippen LogP contribution in [0.2, 0.25) is 5.02 Å². The van der Waals surface area contributed by atoms with Crippen LogP contribution in [0.3, 0.4) is 0 Å². The van der Waals surface area contributed by atoms with Crippen molar-refractivity contribution in [1.82, 2.24) is 10.2 Å². The summed E-state index contributed by atoms with van der Waals surface area (Å²) >= 11 is 10.0. The highest BCUT2D eigenvalue weighted by Gasteiger charge is 2.35. The molecule has 1 N–H and O–H groups in total. The van der Waals surface area contributed by atoms with E-state index in [4.69, 9.17) is 16.3 Å². The van der Waals surface area contributed by atoms with Crippen LogP contribution in [0, 0.1) is 0 Å². The van der Waals surface area contributed by atoms with Crippen molar-refractivity contribution in [2.75, 3.05) is 26.0 Å². The van der Waals surface area contributed by atoms with Crippen molar-refractivity contribution in [3.63, 3.8) is 0 Å². The number of hydrogen-bond acceptors (Lipinski definition) is 4. The van der Waals surface area contributed by atoms with Crippen molar-refractivity contribution in [3.05, 3.63) is 28.8 Å². The predicted octanol–water partition coefficient (Wildman–Crippen LogP) is 2.00. The number of methoxy groups -OCH3 is 1. The Bertz CT molecular complexity index is 568. The Morgan fingerprint density at radius 2 is 2.27 bits per heavy atom. The number of ether oxygens (including phenoxy) is 1. The molecule has 5 nitrogen and oxygen atoms in total. The standard InChI is InChI=1S/C15H19ClN2O3S/c1-21-13-5-4-10(16)9-11(13)15(20)18-7-2-3-12(18)14(19)17-6-8-22/h4-5,9,12,22H,2-3,6-8H2,1H3,(H,17,19). The first-order valence-corrected chi connectivity index (χ1v) is 8.12. The minimum atomic E-state index is -0.448. The fourth-order valence-electron chi connectivity index (χ4n) is 2.58. The summed E-state index contributed by atoms with van der Waals surface area (Å²) in [4.78, 5) is 26.5. The molecule has 1 fully saturated rings. The second-order valence-corrected chi connectivity index (χ2v) is 5.90. The van der Waals surface area contributed by atoms with Gasteiger partial charge in [-0.3, -0.25) is 9.59 Å². The van der Waals surface area contributed by atoms with E-state index in [-0.39, 0.29) is 11.8 Å². The van der Waals surface area contributed by atoms with Gasteiger partial charge in [-0.05, 0) is 31.0 Å². The molecule has 0 spiro atoms. The van der Waals surface area contributed by atoms with E-state index < -0.39 is 6.04 Å². The van der Waals surface area contributed by atoms with E-state index in [1.54, 1.807) is 23.1 Å². The molecule has 1 aromatic rings. The molecule has 0 saturated carbocycles. The zero-order chi connectivity index (χ0) is 16.1. The van der Waals surface area contributed by atoms with E-state index in [1.807, 2.05) is 0 Å². The monoisotopic (exact) mass is 342 g/mol. The number of nitrogens with zero attached hydrogens (tertiary/aromatic N) is 1. The van der Waals surface area contributed by atoms with Crippen LogP contribution >= 0.6 is 24.2 Å². The van der Waals surface area contributed by atoms with Gasteiger partial charge in [-0.1, -0.05) is 11.6 Å². The van der Waals surface area contributed by atoms with Gasteiger partial charge in [-0.25, -0.2) is 0 Å². The molecule has 2 rings (SSSR count). The average Bonchev–Trinajstić information content (AvgIpc) is 3.01. The van der Waals surface area contributed by atoms with Crippen LogP contribution in [-0.4, -0.2) is 48.7 Å². The maximum absolute atomic E-state index is 12.8. The number of amides is 2. The Hall–Kier alpha value is -1.40. The first-order valence-electron chi connectivity index (χ1n) is 7.11. The number of halogens is 1. The lowest BCUT2D eigenvalue weighted by Gasteiger charge is -2.24. The fourth-order valence-corrected chi connectivity index (χ4v) is 2.87. The van der Waals surface area contributed by atoms with E-state index in [9.17, 15) is 9.59 Å². The van der Waals surface area contributed by atoms with Crippen molar-refractivity contribution in [1.29, 1.82) is 0 Å². The molecular weight excluding hydrogens is 324 g/mol. The Morgan fingerprint density at radius 1 is 1.50 bits per heavy atom. The van der Waals surface area contributed by atoms with Gasteiger partial charge in [-0.2, -0.15) is 12.6 Å². The van der Waals surface area contributed by atoms with Crippen molar-refractivity contribution < 1.29 is 14.3 Å². The zero-order valence-electron chi connectivity index (χ0n) is 12.3. The lowest BCUT2D eigenvalue weighted by Crippen LogP contribution is -2.46. The van der Waals surface area contributed by atoms with Crippen LogP contribution in [0.25, 0.3) is 0 Å². The lowest BCUT2D eigenvalue weighted by atomic mass is 10.1. The third-order valence-corrected chi connectivity index (χ3v) is 4.08. The summed E-state index contributed by atoms with van der Waals surface area (Å²) in [6.07, 6.45) is 1.46. The maximum atomic E-state index is 12.8. The Labute approximate surface area is 140 Å². The minimum absolute atomic E-state index is 0.138. The molecule has 0 radical (unpaired) electrons. The van der Waals surface area contributed by atoms with E-state index in [1.165, 1.54) is 7.11 Å². The number of likely N-dealkylation sites (tertiary alicyclic amines) is 1. The summed E-state index contributed by atoms with van der Waals surface area (Å²) < 4.78 is 5.22. The molecule has 120 valence electrons. The summed E-state index contributed by atoms with van der Waals surface area (Å²) in [5, 5.41) is 3.24. The van der Waals surface area contributed by atoms with E-state index in [0.717, 1.165) is 6.42 Å². The van der Waals surface area contributed by atoms with Crippen molar-refractivity contribution >= 4 is 36.0 Å². The second kappa shape index (κ2) is 7.74. The summed E-state index contributed by atoms with van der Waals surface area (Å²) in [6, 6.07) is 4.44. The molecule has 1 heterocycles. The van der Waals surface area contributed by atoms with Crippen LogP contribution in [0.5, 0.6) is 5.75 Å². The number of carbonyl (C=O) groups is 2. The number of thiol groups is 1. The fraction of sp³-hybridized carbons (Fsp3) is 0.467. The van der Waals surface area contributed by atoms with Crippen molar-refractivity contribution in [2.45, 2.75) is 18.9 Å². The van der Waals surface area contributed by atoms with E-state index in [2.05, 4.69) is 17.9 Å². The highest BCUT2D eigenvalue weighted by atomic mass is 35.5. The predicted molar refractivity (Wildman–Crippen MR) is 88.9 cm³/mol. The van der Waals surface area contributed by atoms with E-state index in [0.29, 0.717) is 41.6 Å². The molecule has 1 saturated heterocycles. The third-order valence-electron chi connectivity index (χ3n) is 3.62. The average molecular weight is 343 g/mol. The van der Waals surface area contributed by atoms with Gasteiger partial charge in [0.1, 0.15) is 11.8 Å². The normalized spacial score (nSPS) is 17.4. The Kier molecular flexibility index (Phi) is 5.97. The summed E-state index contributed by atoms with van der Waals surface area (Å²) in [5.74, 6) is 0.647. The van der Waals surface area contributed by atoms with Crippen molar-refractivity contribution in [2.24, 2.45) is 0 Å². The van der Waals surface area contributed by atoms with Crippen LogP contribution in [0.4, 0.5) is 0 Å². The Balaban J connectivity index is 2.21. The molecule has 22 heavy (non-hydrogen) atoms. The molecule has 2 amide bonds.